The highest BCUT2D eigenvalue weighted by Crippen LogP contribution is 2.59. The third kappa shape index (κ3) is 3.18. The molecule has 100 valence electrons. The number of hydrogen-bond donors (Lipinski definition) is 0. The number of hydrogen-bond acceptors (Lipinski definition) is 5. The minimum Gasteiger partial charge on any atom is -0.469 e. The van der Waals surface area contributed by atoms with Crippen LogP contribution in [0, 0.1) is 17.3 Å². The zero-order chi connectivity index (χ0) is 13.9. The van der Waals surface area contributed by atoms with Crippen molar-refractivity contribution in [2.45, 2.75) is 27.7 Å². The average molecular weight is 253 g/mol. The van der Waals surface area contributed by atoms with Gasteiger partial charge in [-0.25, -0.2) is 4.79 Å². The van der Waals surface area contributed by atoms with Crippen LogP contribution in [0.25, 0.3) is 0 Å². The molecule has 0 aromatic rings. The second-order valence-electron chi connectivity index (χ2n) is 5.08. The number of ether oxygens (including phenoxy) is 1. The molecule has 5 nitrogen and oxygen atoms in total. The van der Waals surface area contributed by atoms with Gasteiger partial charge in [0.05, 0.1) is 19.2 Å². The molecule has 1 saturated carbocycles. The molecule has 0 unspecified atom stereocenters. The average Bonchev–Trinajstić information content (AvgIpc) is 2.78. The summed E-state index contributed by atoms with van der Waals surface area (Å²) < 4.78 is 4.76. The Hall–Kier alpha value is -1.65. The van der Waals surface area contributed by atoms with E-state index < -0.39 is 5.97 Å². The van der Waals surface area contributed by atoms with Crippen molar-refractivity contribution >= 4 is 18.2 Å². The molecule has 1 aliphatic rings. The molecule has 1 fully saturated rings. The first-order valence-corrected chi connectivity index (χ1v) is 5.78. The lowest BCUT2D eigenvalue weighted by Gasteiger charge is -1.99. The van der Waals surface area contributed by atoms with Crippen LogP contribution in [0.15, 0.2) is 16.8 Å². The molecule has 0 bridgehead atoms. The number of methoxy groups -OCH3 is 1. The molecular weight excluding hydrogens is 234 g/mol. The van der Waals surface area contributed by atoms with Crippen molar-refractivity contribution in [1.82, 2.24) is 0 Å². The Balaban J connectivity index is 2.64. The topological polar surface area (TPSA) is 65.0 Å². The Morgan fingerprint density at radius 3 is 2.39 bits per heavy atom. The number of allylic oxidation sites excluding steroid dienone is 2. The molecule has 1 aliphatic carbocycles. The van der Waals surface area contributed by atoms with Crippen LogP contribution < -0.4 is 0 Å². The van der Waals surface area contributed by atoms with Crippen LogP contribution in [0.2, 0.25) is 0 Å². The van der Waals surface area contributed by atoms with Gasteiger partial charge in [0.1, 0.15) is 0 Å². The summed E-state index contributed by atoms with van der Waals surface area (Å²) in [5.41, 5.74) is 0.754. The molecule has 0 spiro atoms. The first-order valence-electron chi connectivity index (χ1n) is 5.78. The Bertz CT molecular complexity index is 409. The summed E-state index contributed by atoms with van der Waals surface area (Å²) in [4.78, 5) is 26.5. The van der Waals surface area contributed by atoms with E-state index in [0.717, 1.165) is 5.57 Å². The van der Waals surface area contributed by atoms with Gasteiger partial charge in [-0.2, -0.15) is 0 Å². The third-order valence-electron chi connectivity index (χ3n) is 3.25. The maximum absolute atomic E-state index is 11.5. The van der Waals surface area contributed by atoms with Gasteiger partial charge in [-0.3, -0.25) is 4.79 Å². The van der Waals surface area contributed by atoms with E-state index >= 15 is 0 Å². The Morgan fingerprint density at radius 1 is 1.28 bits per heavy atom. The van der Waals surface area contributed by atoms with Crippen LogP contribution in [-0.2, 0) is 19.2 Å². The van der Waals surface area contributed by atoms with Crippen LogP contribution in [-0.4, -0.2) is 25.3 Å². The lowest BCUT2D eigenvalue weighted by Crippen LogP contribution is -2.07. The maximum atomic E-state index is 11.5. The van der Waals surface area contributed by atoms with Crippen LogP contribution in [0.1, 0.15) is 27.7 Å². The summed E-state index contributed by atoms with van der Waals surface area (Å²) in [5, 5.41) is 3.53. The zero-order valence-corrected chi connectivity index (χ0v) is 11.4. The monoisotopic (exact) mass is 253 g/mol. The predicted molar refractivity (Wildman–Crippen MR) is 66.8 cm³/mol. The van der Waals surface area contributed by atoms with Gasteiger partial charge in [0, 0.05) is 6.92 Å². The van der Waals surface area contributed by atoms with Crippen molar-refractivity contribution in [2.24, 2.45) is 22.4 Å². The van der Waals surface area contributed by atoms with Gasteiger partial charge < -0.3 is 9.57 Å². The van der Waals surface area contributed by atoms with Crippen LogP contribution in [0.4, 0.5) is 0 Å². The highest BCUT2D eigenvalue weighted by atomic mass is 16.7. The molecule has 2 atom stereocenters. The first-order chi connectivity index (χ1) is 8.30. The van der Waals surface area contributed by atoms with Crippen molar-refractivity contribution in [2.75, 3.05) is 7.11 Å². The number of carbonyl (C=O) groups excluding carboxylic acids is 2. The zero-order valence-electron chi connectivity index (χ0n) is 11.4. The molecule has 0 aromatic carbocycles. The van der Waals surface area contributed by atoms with Gasteiger partial charge in [-0.1, -0.05) is 25.1 Å². The lowest BCUT2D eigenvalue weighted by molar-refractivity contribution is -0.143. The van der Waals surface area contributed by atoms with E-state index in [9.17, 15) is 9.59 Å². The van der Waals surface area contributed by atoms with E-state index in [-0.39, 0.29) is 23.2 Å². The molecule has 1 rings (SSSR count). The van der Waals surface area contributed by atoms with E-state index in [4.69, 9.17) is 4.74 Å². The normalized spacial score (nSPS) is 25.9. The van der Waals surface area contributed by atoms with Gasteiger partial charge in [-0.05, 0) is 23.8 Å². The smallest absolute Gasteiger partial charge is 0.331 e. The molecular formula is C13H19NO4. The summed E-state index contributed by atoms with van der Waals surface area (Å²) in [6.45, 7) is 7.17. The fourth-order valence-electron chi connectivity index (χ4n) is 2.08. The van der Waals surface area contributed by atoms with Crippen molar-refractivity contribution in [3.63, 3.8) is 0 Å². The van der Waals surface area contributed by atoms with E-state index in [1.54, 1.807) is 0 Å². The van der Waals surface area contributed by atoms with E-state index in [1.807, 2.05) is 26.8 Å². The van der Waals surface area contributed by atoms with Gasteiger partial charge in [0.2, 0.25) is 0 Å². The Morgan fingerprint density at radius 2 is 1.89 bits per heavy atom. The fraction of sp³-hybridized carbons (Fsp3) is 0.615. The van der Waals surface area contributed by atoms with Gasteiger partial charge in [0.15, 0.2) is 0 Å². The summed E-state index contributed by atoms with van der Waals surface area (Å²) in [6.07, 6.45) is 3.42. The quantitative estimate of drug-likeness (QED) is 0.332. The number of esters is 1. The van der Waals surface area contributed by atoms with Crippen molar-refractivity contribution in [3.05, 3.63) is 11.6 Å². The largest absolute Gasteiger partial charge is 0.469 e. The molecule has 18 heavy (non-hydrogen) atoms. The van der Waals surface area contributed by atoms with E-state index in [2.05, 4.69) is 9.99 Å². The summed E-state index contributed by atoms with van der Waals surface area (Å²) >= 11 is 0. The van der Waals surface area contributed by atoms with Crippen LogP contribution in [0.5, 0.6) is 0 Å². The van der Waals surface area contributed by atoms with E-state index in [0.29, 0.717) is 0 Å². The SMILES string of the molecule is COC(=O)[C@@H]1[C@@H](C=C(C)C=NOC(C)=O)C1(C)C. The first kappa shape index (κ1) is 14.4. The Kier molecular flexibility index (Phi) is 4.27. The predicted octanol–water partition coefficient (Wildman–Crippen LogP) is 1.93. The lowest BCUT2D eigenvalue weighted by atomic mass is 10.1. The maximum Gasteiger partial charge on any atom is 0.331 e. The minimum atomic E-state index is -0.460. The molecule has 0 aliphatic heterocycles. The molecule has 0 N–H and O–H groups in total. The molecule has 5 heteroatoms. The van der Waals surface area contributed by atoms with Crippen LogP contribution >= 0.6 is 0 Å². The molecule has 0 aromatic heterocycles. The van der Waals surface area contributed by atoms with Gasteiger partial charge in [0.25, 0.3) is 0 Å². The number of oxime groups is 1. The summed E-state index contributed by atoms with van der Waals surface area (Å²) in [7, 11) is 1.40. The Labute approximate surface area is 107 Å². The van der Waals surface area contributed by atoms with E-state index in [1.165, 1.54) is 20.2 Å². The molecule has 0 radical (unpaired) electrons. The van der Waals surface area contributed by atoms with Gasteiger partial charge >= 0.3 is 11.9 Å². The molecule has 0 amide bonds. The molecule has 0 heterocycles. The number of rotatable bonds is 4. The van der Waals surface area contributed by atoms with Gasteiger partial charge in [-0.15, -0.1) is 0 Å². The molecule has 0 saturated heterocycles. The second kappa shape index (κ2) is 5.33. The van der Waals surface area contributed by atoms with Crippen LogP contribution in [0.3, 0.4) is 0 Å². The minimum absolute atomic E-state index is 0.0936. The van der Waals surface area contributed by atoms with Crippen molar-refractivity contribution < 1.29 is 19.2 Å². The van der Waals surface area contributed by atoms with Crippen molar-refractivity contribution in [1.29, 1.82) is 0 Å². The standard InChI is InChI=1S/C13H19NO4/c1-8(7-14-18-9(2)15)6-10-11(12(16)17-5)13(10,3)4/h6-7,10-11H,1-5H3/t10-,11+/m1/s1. The number of carbonyl (C=O) groups is 2. The second-order valence-corrected chi connectivity index (χ2v) is 5.08. The van der Waals surface area contributed by atoms with Crippen molar-refractivity contribution in [3.8, 4) is 0 Å². The highest BCUT2D eigenvalue weighted by Gasteiger charge is 2.61. The summed E-state index contributed by atoms with van der Waals surface area (Å²) in [5.74, 6) is -0.627. The third-order valence-corrected chi connectivity index (χ3v) is 3.25. The number of nitrogens with zero attached hydrogens (tertiary/aromatic N) is 1. The fourth-order valence-corrected chi connectivity index (χ4v) is 2.08. The summed E-state index contributed by atoms with van der Waals surface area (Å²) in [6, 6.07) is 0. The highest BCUT2D eigenvalue weighted by molar-refractivity contribution is 5.81.